The Balaban J connectivity index is 1.98. The molecule has 0 radical (unpaired) electrons. The monoisotopic (exact) mass is 289 g/mol. The van der Waals surface area contributed by atoms with Gasteiger partial charge in [0.05, 0.1) is 4.92 Å². The van der Waals surface area contributed by atoms with Gasteiger partial charge in [-0.3, -0.25) is 14.9 Å². The lowest BCUT2D eigenvalue weighted by molar-refractivity contribution is -0.385. The summed E-state index contributed by atoms with van der Waals surface area (Å²) in [4.78, 5) is 22.7. The average Bonchev–Trinajstić information content (AvgIpc) is 2.48. The van der Waals surface area contributed by atoms with Gasteiger partial charge in [-0.1, -0.05) is 38.0 Å². The molecule has 4 heteroatoms. The summed E-state index contributed by atoms with van der Waals surface area (Å²) in [6.07, 6.45) is 6.38. The second-order valence-corrected chi connectivity index (χ2v) is 6.02. The summed E-state index contributed by atoms with van der Waals surface area (Å²) >= 11 is 0. The fourth-order valence-corrected chi connectivity index (χ4v) is 3.38. The summed E-state index contributed by atoms with van der Waals surface area (Å²) in [6, 6.07) is 6.85. The van der Waals surface area contributed by atoms with Gasteiger partial charge in [-0.25, -0.2) is 0 Å². The highest BCUT2D eigenvalue weighted by Crippen LogP contribution is 2.33. The molecule has 2 atom stereocenters. The third kappa shape index (κ3) is 4.13. The van der Waals surface area contributed by atoms with Crippen LogP contribution in [0.5, 0.6) is 0 Å². The number of hydrogen-bond donors (Lipinski definition) is 0. The summed E-state index contributed by atoms with van der Waals surface area (Å²) in [5.74, 6) is 1.10. The van der Waals surface area contributed by atoms with Crippen molar-refractivity contribution in [2.24, 2.45) is 11.8 Å². The van der Waals surface area contributed by atoms with Gasteiger partial charge in [-0.15, -0.1) is 0 Å². The summed E-state index contributed by atoms with van der Waals surface area (Å²) in [5, 5.41) is 11.0. The maximum absolute atomic E-state index is 12.1. The minimum Gasteiger partial charge on any atom is -0.299 e. The topological polar surface area (TPSA) is 60.2 Å². The van der Waals surface area contributed by atoms with Gasteiger partial charge in [0, 0.05) is 24.0 Å². The molecule has 1 fully saturated rings. The molecule has 2 unspecified atom stereocenters. The van der Waals surface area contributed by atoms with Crippen LogP contribution in [-0.4, -0.2) is 10.7 Å². The molecule has 1 aromatic carbocycles. The van der Waals surface area contributed by atoms with E-state index in [2.05, 4.69) is 6.92 Å². The lowest BCUT2D eigenvalue weighted by Gasteiger charge is -2.27. The molecule has 0 saturated heterocycles. The van der Waals surface area contributed by atoms with E-state index in [4.69, 9.17) is 0 Å². The predicted octanol–water partition coefficient (Wildman–Crippen LogP) is 4.31. The third-order valence-electron chi connectivity index (χ3n) is 4.52. The van der Waals surface area contributed by atoms with Crippen molar-refractivity contribution in [3.63, 3.8) is 0 Å². The Kier molecular flexibility index (Phi) is 5.48. The van der Waals surface area contributed by atoms with E-state index >= 15 is 0 Å². The first-order valence-electron chi connectivity index (χ1n) is 7.86. The molecule has 114 valence electrons. The predicted molar refractivity (Wildman–Crippen MR) is 82.2 cm³/mol. The number of rotatable bonds is 6. The number of para-hydroxylation sites is 1. The highest BCUT2D eigenvalue weighted by atomic mass is 16.6. The fraction of sp³-hybridized carbons (Fsp3) is 0.588. The molecular formula is C17H23NO3. The fourth-order valence-electron chi connectivity index (χ4n) is 3.38. The number of carbonyl (C=O) groups is 1. The number of aryl methyl sites for hydroxylation is 1. The van der Waals surface area contributed by atoms with Crippen molar-refractivity contribution in [3.05, 3.63) is 39.9 Å². The number of Topliss-reactive ketones (excluding diaryl/α,β-unsaturated/α-hetero) is 1. The van der Waals surface area contributed by atoms with Crippen molar-refractivity contribution in [1.82, 2.24) is 0 Å². The van der Waals surface area contributed by atoms with Gasteiger partial charge in [0.2, 0.25) is 0 Å². The van der Waals surface area contributed by atoms with E-state index in [0.29, 0.717) is 24.5 Å². The van der Waals surface area contributed by atoms with Gasteiger partial charge in [-0.2, -0.15) is 0 Å². The van der Waals surface area contributed by atoms with E-state index in [1.54, 1.807) is 12.1 Å². The molecule has 0 aliphatic heterocycles. The quantitative estimate of drug-likeness (QED) is 0.579. The van der Waals surface area contributed by atoms with Crippen LogP contribution in [-0.2, 0) is 11.2 Å². The molecule has 0 N–H and O–H groups in total. The first kappa shape index (κ1) is 15.7. The minimum absolute atomic E-state index is 0.0927. The van der Waals surface area contributed by atoms with Gasteiger partial charge in [0.15, 0.2) is 0 Å². The van der Waals surface area contributed by atoms with Crippen molar-refractivity contribution < 1.29 is 9.72 Å². The largest absolute Gasteiger partial charge is 0.299 e. The van der Waals surface area contributed by atoms with Crippen molar-refractivity contribution in [1.29, 1.82) is 0 Å². The van der Waals surface area contributed by atoms with Crippen LogP contribution in [0, 0.1) is 22.0 Å². The minimum atomic E-state index is -0.335. The summed E-state index contributed by atoms with van der Waals surface area (Å²) < 4.78 is 0. The molecular weight excluding hydrogens is 266 g/mol. The SMILES string of the molecule is CCCC1CCC(=O)C(CCc2ccccc2[N+](=O)[O-])C1. The maximum Gasteiger partial charge on any atom is 0.272 e. The standard InChI is InChI=1S/C17H23NO3/c1-2-5-13-8-11-17(19)15(12-13)10-9-14-6-3-4-7-16(14)18(20)21/h3-4,6-7,13,15H,2,5,8-12H2,1H3. The number of carbonyl (C=O) groups excluding carboxylic acids is 1. The second kappa shape index (κ2) is 7.34. The summed E-state index contributed by atoms with van der Waals surface area (Å²) in [6.45, 7) is 2.18. The summed E-state index contributed by atoms with van der Waals surface area (Å²) in [7, 11) is 0. The number of nitro benzene ring substituents is 1. The molecule has 2 rings (SSSR count). The lowest BCUT2D eigenvalue weighted by Crippen LogP contribution is -2.25. The normalized spacial score (nSPS) is 22.2. The zero-order valence-corrected chi connectivity index (χ0v) is 12.6. The van der Waals surface area contributed by atoms with Crippen molar-refractivity contribution in [2.75, 3.05) is 0 Å². The Morgan fingerprint density at radius 1 is 1.29 bits per heavy atom. The Labute approximate surface area is 125 Å². The molecule has 21 heavy (non-hydrogen) atoms. The molecule has 1 aliphatic carbocycles. The number of ketones is 1. The van der Waals surface area contributed by atoms with Gasteiger partial charge in [0.25, 0.3) is 5.69 Å². The number of benzene rings is 1. The molecule has 1 saturated carbocycles. The Bertz CT molecular complexity index is 513. The van der Waals surface area contributed by atoms with Crippen LogP contribution in [0.15, 0.2) is 24.3 Å². The zero-order chi connectivity index (χ0) is 15.2. The van der Waals surface area contributed by atoms with Crippen LogP contribution < -0.4 is 0 Å². The number of nitrogens with zero attached hydrogens (tertiary/aromatic N) is 1. The molecule has 0 heterocycles. The summed E-state index contributed by atoms with van der Waals surface area (Å²) in [5.41, 5.74) is 0.916. The van der Waals surface area contributed by atoms with Gasteiger partial charge < -0.3 is 0 Å². The lowest BCUT2D eigenvalue weighted by atomic mass is 9.76. The first-order valence-corrected chi connectivity index (χ1v) is 7.86. The molecule has 0 bridgehead atoms. The maximum atomic E-state index is 12.1. The molecule has 1 aromatic rings. The van der Waals surface area contributed by atoms with E-state index in [1.807, 2.05) is 6.07 Å². The average molecular weight is 289 g/mol. The van der Waals surface area contributed by atoms with E-state index in [1.165, 1.54) is 12.5 Å². The number of hydrogen-bond acceptors (Lipinski definition) is 3. The Hall–Kier alpha value is -1.71. The highest BCUT2D eigenvalue weighted by Gasteiger charge is 2.28. The van der Waals surface area contributed by atoms with Crippen LogP contribution in [0.25, 0.3) is 0 Å². The van der Waals surface area contributed by atoms with Crippen molar-refractivity contribution in [3.8, 4) is 0 Å². The first-order chi connectivity index (χ1) is 10.1. The van der Waals surface area contributed by atoms with Crippen LogP contribution in [0.3, 0.4) is 0 Å². The molecule has 0 aromatic heterocycles. The van der Waals surface area contributed by atoms with Crippen molar-refractivity contribution in [2.45, 2.75) is 51.9 Å². The van der Waals surface area contributed by atoms with Crippen LogP contribution in [0.2, 0.25) is 0 Å². The van der Waals surface area contributed by atoms with Crippen LogP contribution in [0.4, 0.5) is 5.69 Å². The van der Waals surface area contributed by atoms with Gasteiger partial charge in [-0.05, 0) is 31.6 Å². The van der Waals surface area contributed by atoms with Crippen LogP contribution >= 0.6 is 0 Å². The molecule has 4 nitrogen and oxygen atoms in total. The van der Waals surface area contributed by atoms with E-state index < -0.39 is 0 Å². The Morgan fingerprint density at radius 2 is 2.05 bits per heavy atom. The van der Waals surface area contributed by atoms with E-state index in [9.17, 15) is 14.9 Å². The zero-order valence-electron chi connectivity index (χ0n) is 12.6. The smallest absolute Gasteiger partial charge is 0.272 e. The molecule has 0 amide bonds. The van der Waals surface area contributed by atoms with Gasteiger partial charge in [0.1, 0.15) is 5.78 Å². The van der Waals surface area contributed by atoms with Crippen molar-refractivity contribution >= 4 is 11.5 Å². The third-order valence-corrected chi connectivity index (χ3v) is 4.52. The molecule has 1 aliphatic rings. The second-order valence-electron chi connectivity index (χ2n) is 6.02. The van der Waals surface area contributed by atoms with Gasteiger partial charge >= 0.3 is 0 Å². The van der Waals surface area contributed by atoms with E-state index in [0.717, 1.165) is 31.2 Å². The van der Waals surface area contributed by atoms with Crippen LogP contribution in [0.1, 0.15) is 51.0 Å². The Morgan fingerprint density at radius 3 is 2.76 bits per heavy atom. The van der Waals surface area contributed by atoms with E-state index in [-0.39, 0.29) is 16.5 Å². The number of nitro groups is 1. The highest BCUT2D eigenvalue weighted by molar-refractivity contribution is 5.81. The molecule has 0 spiro atoms.